The Morgan fingerprint density at radius 3 is 1.46 bits per heavy atom. The number of fused-ring (bicyclic) bond motifs is 2. The van der Waals surface area contributed by atoms with E-state index in [1.165, 1.54) is 93.0 Å². The third-order valence-corrected chi connectivity index (χ3v) is 8.98. The van der Waals surface area contributed by atoms with Crippen LogP contribution in [0, 0.1) is 0 Å². The molecule has 0 aliphatic carbocycles. The van der Waals surface area contributed by atoms with E-state index >= 15 is 0 Å². The van der Waals surface area contributed by atoms with E-state index in [4.69, 9.17) is 0 Å². The molecule has 0 aliphatic heterocycles. The van der Waals surface area contributed by atoms with Crippen molar-refractivity contribution in [2.75, 3.05) is 0 Å². The molecule has 0 amide bonds. The third-order valence-electron chi connectivity index (χ3n) is 8.98. The molecule has 0 unspecified atom stereocenters. The lowest BCUT2D eigenvalue weighted by molar-refractivity contribution is 1.66. The molecule has 0 aromatic heterocycles. The number of rotatable bonds is 2. The van der Waals surface area contributed by atoms with Crippen LogP contribution in [0.3, 0.4) is 0 Å². The molecule has 0 spiro atoms. The second kappa shape index (κ2) is 8.70. The van der Waals surface area contributed by atoms with Crippen molar-refractivity contribution in [3.05, 3.63) is 54.6 Å². The average Bonchev–Trinajstić information content (AvgIpc) is 2.87. The summed E-state index contributed by atoms with van der Waals surface area (Å²) in [5.41, 5.74) is 18.0. The minimum absolute atomic E-state index is 1.31. The summed E-state index contributed by atoms with van der Waals surface area (Å²) in [4.78, 5) is 0. The first-order chi connectivity index (χ1) is 16.6. The molecule has 0 nitrogen and oxygen atoms in total. The summed E-state index contributed by atoms with van der Waals surface area (Å²) in [6.07, 6.45) is 0. The van der Waals surface area contributed by atoms with Crippen molar-refractivity contribution >= 4 is 141 Å². The highest BCUT2D eigenvalue weighted by atomic mass is 14.2. The van der Waals surface area contributed by atoms with Crippen LogP contribution in [0.4, 0.5) is 0 Å². The van der Waals surface area contributed by atoms with Crippen molar-refractivity contribution in [3.8, 4) is 22.3 Å². The minimum atomic E-state index is 1.31. The Balaban J connectivity index is 2.03. The number of hydrogen-bond donors (Lipinski definition) is 0. The molecular formula is C26H27B9. The van der Waals surface area contributed by atoms with E-state index in [-0.39, 0.29) is 0 Å². The molecule has 0 aliphatic rings. The average molecular weight is 437 g/mol. The molecule has 5 aromatic carbocycles. The largest absolute Gasteiger partial charge is 0.139 e. The molecule has 0 bridgehead atoms. The number of hydrogen-bond acceptors (Lipinski definition) is 0. The molecule has 0 heterocycles. The molecule has 0 fully saturated rings. The minimum Gasteiger partial charge on any atom is -0.102 e. The number of benzene rings is 5. The molecule has 0 N–H and O–H groups in total. The molecule has 5 aromatic rings. The van der Waals surface area contributed by atoms with Gasteiger partial charge in [0.1, 0.15) is 70.6 Å². The molecule has 0 radical (unpaired) electrons. The Morgan fingerprint density at radius 1 is 0.371 bits per heavy atom. The van der Waals surface area contributed by atoms with E-state index < -0.39 is 0 Å². The van der Waals surface area contributed by atoms with Crippen LogP contribution in [0.25, 0.3) is 43.8 Å². The molecular weight excluding hydrogens is 410 g/mol. The van der Waals surface area contributed by atoms with Gasteiger partial charge in [-0.3, -0.25) is 0 Å². The Morgan fingerprint density at radius 2 is 0.829 bits per heavy atom. The van der Waals surface area contributed by atoms with Crippen LogP contribution in [-0.4, -0.2) is 70.6 Å². The summed E-state index contributed by atoms with van der Waals surface area (Å²) in [5.74, 6) is 0. The van der Waals surface area contributed by atoms with Gasteiger partial charge in [-0.1, -0.05) is 70.4 Å². The van der Waals surface area contributed by atoms with Crippen molar-refractivity contribution in [2.24, 2.45) is 0 Å². The zero-order valence-electron chi connectivity index (χ0n) is 22.7. The van der Waals surface area contributed by atoms with E-state index in [1.54, 1.807) is 0 Å². The van der Waals surface area contributed by atoms with Gasteiger partial charge in [-0.2, -0.15) is 0 Å². The lowest BCUT2D eigenvalue weighted by Crippen LogP contribution is -2.55. The van der Waals surface area contributed by atoms with E-state index in [1.807, 2.05) is 0 Å². The van der Waals surface area contributed by atoms with Gasteiger partial charge in [-0.25, -0.2) is 0 Å². The predicted molar refractivity (Wildman–Crippen MR) is 186 cm³/mol. The molecule has 0 atom stereocenters. The molecule has 9 heteroatoms. The lowest BCUT2D eigenvalue weighted by atomic mass is 9.59. The SMILES string of the molecule is Bc1c(B)c(B)c(-c2ccccc2-c2c3ccccc3cc3c(B)c(B)c(B)c(B)c23)c(B)c1B. The molecule has 5 rings (SSSR count). The quantitative estimate of drug-likeness (QED) is 0.190. The van der Waals surface area contributed by atoms with Crippen LogP contribution in [0.15, 0.2) is 54.6 Å². The van der Waals surface area contributed by atoms with Gasteiger partial charge in [0.25, 0.3) is 0 Å². The van der Waals surface area contributed by atoms with Crippen LogP contribution in [-0.2, 0) is 0 Å². The zero-order valence-corrected chi connectivity index (χ0v) is 22.7. The smallest absolute Gasteiger partial charge is 0.102 e. The van der Waals surface area contributed by atoms with Crippen molar-refractivity contribution < 1.29 is 0 Å². The Bertz CT molecular complexity index is 1660. The monoisotopic (exact) mass is 438 g/mol. The van der Waals surface area contributed by atoms with Crippen molar-refractivity contribution in [1.82, 2.24) is 0 Å². The highest BCUT2D eigenvalue weighted by Crippen LogP contribution is 2.39. The van der Waals surface area contributed by atoms with Crippen molar-refractivity contribution in [3.63, 3.8) is 0 Å². The third kappa shape index (κ3) is 3.50. The van der Waals surface area contributed by atoms with Crippen molar-refractivity contribution in [2.45, 2.75) is 0 Å². The fourth-order valence-electron chi connectivity index (χ4n) is 6.09. The van der Waals surface area contributed by atoms with Crippen molar-refractivity contribution in [1.29, 1.82) is 0 Å². The summed E-state index contributed by atoms with van der Waals surface area (Å²) in [6, 6.07) is 20.4. The fraction of sp³-hybridized carbons (Fsp3) is 0. The zero-order chi connectivity index (χ0) is 25.2. The Kier molecular flexibility index (Phi) is 5.95. The first-order valence-corrected chi connectivity index (χ1v) is 12.7. The molecule has 158 valence electrons. The second-order valence-electron chi connectivity index (χ2n) is 10.4. The topological polar surface area (TPSA) is 0 Å². The maximum atomic E-state index is 2.40. The maximum absolute atomic E-state index is 2.40. The standard InChI is InChI=1S/C26H27B9/c27-18-14-9-10-5-1-2-6-11(10)15(16(14)19(28)23(32)22(18)31)12-7-3-4-8-13(12)17-20(29)24(33)26(35)25(34)21(17)30/h1-9H,27-35H2. The first kappa shape index (κ1) is 23.9. The normalized spacial score (nSPS) is 11.3. The summed E-state index contributed by atoms with van der Waals surface area (Å²) < 4.78 is 0. The lowest BCUT2D eigenvalue weighted by Gasteiger charge is -2.25. The second-order valence-corrected chi connectivity index (χ2v) is 10.4. The van der Waals surface area contributed by atoms with Gasteiger partial charge >= 0.3 is 0 Å². The molecule has 0 saturated heterocycles. The summed E-state index contributed by atoms with van der Waals surface area (Å²) in [7, 11) is 20.5. The van der Waals surface area contributed by atoms with Gasteiger partial charge in [-0.05, 0) is 49.9 Å². The maximum Gasteiger partial charge on any atom is 0.139 e. The van der Waals surface area contributed by atoms with Gasteiger partial charge < -0.3 is 0 Å². The summed E-state index contributed by atoms with van der Waals surface area (Å²) in [5, 5.41) is 5.40. The summed E-state index contributed by atoms with van der Waals surface area (Å²) >= 11 is 0. The van der Waals surface area contributed by atoms with E-state index in [0.717, 1.165) is 0 Å². The van der Waals surface area contributed by atoms with Crippen LogP contribution in [0.5, 0.6) is 0 Å². The van der Waals surface area contributed by atoms with E-state index in [0.29, 0.717) is 0 Å². The van der Waals surface area contributed by atoms with E-state index in [9.17, 15) is 0 Å². The Hall–Kier alpha value is -2.80. The van der Waals surface area contributed by atoms with Gasteiger partial charge in [0.05, 0.1) is 0 Å². The van der Waals surface area contributed by atoms with Crippen LogP contribution in [0.1, 0.15) is 0 Å². The molecule has 0 saturated carbocycles. The Labute approximate surface area is 217 Å². The predicted octanol–water partition coefficient (Wildman–Crippen LogP) is -8.35. The van der Waals surface area contributed by atoms with Gasteiger partial charge in [0, 0.05) is 0 Å². The highest BCUT2D eigenvalue weighted by Gasteiger charge is 2.21. The first-order valence-electron chi connectivity index (χ1n) is 12.7. The fourth-order valence-corrected chi connectivity index (χ4v) is 6.09. The van der Waals surface area contributed by atoms with Gasteiger partial charge in [0.2, 0.25) is 0 Å². The van der Waals surface area contributed by atoms with Crippen LogP contribution in [0.2, 0.25) is 0 Å². The van der Waals surface area contributed by atoms with Crippen LogP contribution < -0.4 is 49.2 Å². The van der Waals surface area contributed by atoms with Gasteiger partial charge in [0.15, 0.2) is 0 Å². The summed E-state index contributed by atoms with van der Waals surface area (Å²) in [6.45, 7) is 0. The van der Waals surface area contributed by atoms with Crippen LogP contribution >= 0.6 is 0 Å². The van der Waals surface area contributed by atoms with Gasteiger partial charge in [-0.15, -0.1) is 27.3 Å². The molecule has 35 heavy (non-hydrogen) atoms. The van der Waals surface area contributed by atoms with E-state index in [2.05, 4.69) is 125 Å². The highest BCUT2D eigenvalue weighted by molar-refractivity contribution is 6.69.